The fraction of sp³-hybridized carbons (Fsp3) is 0.214. The first kappa shape index (κ1) is 23.3. The average Bonchev–Trinajstić information content (AvgIpc) is 2.77. The SMILES string of the molecule is Cc1ccccc1C(C)C(=O)N(C)c1cnc2c(-c3cc(Cl)cc(Cl)c3)c(C)ccc2c1C. The first-order chi connectivity index (χ1) is 15.7. The molecule has 4 rings (SSSR count). The van der Waals surface area contributed by atoms with Crippen molar-refractivity contribution in [3.05, 3.63) is 93.1 Å². The lowest BCUT2D eigenvalue weighted by molar-refractivity contribution is -0.119. The molecule has 0 bridgehead atoms. The van der Waals surface area contributed by atoms with Crippen molar-refractivity contribution in [1.29, 1.82) is 0 Å². The molecule has 4 aromatic rings. The Morgan fingerprint density at radius 2 is 1.61 bits per heavy atom. The highest BCUT2D eigenvalue weighted by molar-refractivity contribution is 6.35. The van der Waals surface area contributed by atoms with Crippen molar-refractivity contribution in [2.45, 2.75) is 33.6 Å². The van der Waals surface area contributed by atoms with E-state index in [1.54, 1.807) is 17.2 Å². The molecule has 3 aromatic carbocycles. The molecule has 3 nitrogen and oxygen atoms in total. The van der Waals surface area contributed by atoms with Crippen LogP contribution in [0, 0.1) is 20.8 Å². The predicted octanol–water partition coefficient (Wildman–Crippen LogP) is 7.90. The molecule has 1 atom stereocenters. The normalized spacial score (nSPS) is 12.1. The van der Waals surface area contributed by atoms with Crippen molar-refractivity contribution in [2.24, 2.45) is 0 Å². The van der Waals surface area contributed by atoms with Gasteiger partial charge in [-0.2, -0.15) is 0 Å². The second-order valence-electron chi connectivity index (χ2n) is 8.56. The average molecular weight is 477 g/mol. The van der Waals surface area contributed by atoms with Gasteiger partial charge in [-0.3, -0.25) is 9.78 Å². The lowest BCUT2D eigenvalue weighted by atomic mass is 9.94. The molecular weight excluding hydrogens is 451 g/mol. The second-order valence-corrected chi connectivity index (χ2v) is 9.43. The molecule has 0 aliphatic carbocycles. The molecule has 1 heterocycles. The molecule has 0 fully saturated rings. The summed E-state index contributed by atoms with van der Waals surface area (Å²) in [6.07, 6.45) is 1.79. The topological polar surface area (TPSA) is 33.2 Å². The van der Waals surface area contributed by atoms with Crippen LogP contribution in [0.15, 0.2) is 60.8 Å². The molecule has 0 aliphatic rings. The minimum Gasteiger partial charge on any atom is -0.313 e. The van der Waals surface area contributed by atoms with Crippen LogP contribution >= 0.6 is 23.2 Å². The third-order valence-corrected chi connectivity index (χ3v) is 6.80. The molecule has 5 heteroatoms. The van der Waals surface area contributed by atoms with Gasteiger partial charge in [0, 0.05) is 28.0 Å². The Bertz CT molecular complexity index is 1360. The molecule has 0 spiro atoms. The smallest absolute Gasteiger partial charge is 0.234 e. The molecule has 0 N–H and O–H groups in total. The number of amides is 1. The first-order valence-electron chi connectivity index (χ1n) is 10.9. The number of anilines is 1. The minimum atomic E-state index is -0.256. The van der Waals surface area contributed by atoms with Crippen LogP contribution in [0.1, 0.15) is 35.1 Å². The summed E-state index contributed by atoms with van der Waals surface area (Å²) in [4.78, 5) is 19.9. The fourth-order valence-corrected chi connectivity index (χ4v) is 5.03. The number of hydrogen-bond acceptors (Lipinski definition) is 2. The zero-order chi connectivity index (χ0) is 23.9. The molecule has 0 saturated heterocycles. The lowest BCUT2D eigenvalue weighted by Crippen LogP contribution is -2.31. The number of aryl methyl sites for hydroxylation is 3. The minimum absolute atomic E-state index is 0.0301. The number of aromatic nitrogens is 1. The molecule has 1 aromatic heterocycles. The quantitative estimate of drug-likeness (QED) is 0.299. The van der Waals surface area contributed by atoms with Gasteiger partial charge < -0.3 is 4.90 Å². The number of carbonyl (C=O) groups is 1. The van der Waals surface area contributed by atoms with Crippen molar-refractivity contribution < 1.29 is 4.79 Å². The molecule has 0 saturated carbocycles. The number of benzene rings is 3. The maximum absolute atomic E-state index is 13.4. The van der Waals surface area contributed by atoms with Gasteiger partial charge in [0.25, 0.3) is 0 Å². The van der Waals surface area contributed by atoms with E-state index in [4.69, 9.17) is 28.2 Å². The summed E-state index contributed by atoms with van der Waals surface area (Å²) >= 11 is 12.6. The van der Waals surface area contributed by atoms with Gasteiger partial charge in [-0.05, 0) is 73.7 Å². The Kier molecular flexibility index (Phi) is 6.47. The van der Waals surface area contributed by atoms with Gasteiger partial charge in [-0.1, -0.05) is 59.6 Å². The Balaban J connectivity index is 1.79. The van der Waals surface area contributed by atoms with Crippen LogP contribution in [0.5, 0.6) is 0 Å². The molecule has 0 radical (unpaired) electrons. The maximum atomic E-state index is 13.4. The second kappa shape index (κ2) is 9.17. The van der Waals surface area contributed by atoms with Crippen molar-refractivity contribution in [1.82, 2.24) is 4.98 Å². The predicted molar refractivity (Wildman–Crippen MR) is 140 cm³/mol. The van der Waals surface area contributed by atoms with Gasteiger partial charge >= 0.3 is 0 Å². The van der Waals surface area contributed by atoms with Crippen LogP contribution in [-0.4, -0.2) is 17.9 Å². The van der Waals surface area contributed by atoms with Crippen molar-refractivity contribution >= 4 is 45.7 Å². The Morgan fingerprint density at radius 3 is 2.27 bits per heavy atom. The van der Waals surface area contributed by atoms with E-state index in [0.29, 0.717) is 10.0 Å². The highest BCUT2D eigenvalue weighted by atomic mass is 35.5. The van der Waals surface area contributed by atoms with Gasteiger partial charge in [0.2, 0.25) is 5.91 Å². The van der Waals surface area contributed by atoms with E-state index >= 15 is 0 Å². The fourth-order valence-electron chi connectivity index (χ4n) is 4.50. The summed E-state index contributed by atoms with van der Waals surface area (Å²) < 4.78 is 0. The summed E-state index contributed by atoms with van der Waals surface area (Å²) in [6, 6.07) is 17.7. The summed E-state index contributed by atoms with van der Waals surface area (Å²) in [7, 11) is 1.82. The molecule has 0 aliphatic heterocycles. The number of nitrogens with zero attached hydrogens (tertiary/aromatic N) is 2. The molecule has 33 heavy (non-hydrogen) atoms. The van der Waals surface area contributed by atoms with Gasteiger partial charge in [0.15, 0.2) is 0 Å². The molecule has 168 valence electrons. The highest BCUT2D eigenvalue weighted by Gasteiger charge is 2.24. The summed E-state index contributed by atoms with van der Waals surface area (Å²) in [6.45, 7) is 8.07. The zero-order valence-electron chi connectivity index (χ0n) is 19.4. The Labute approximate surface area is 205 Å². The summed E-state index contributed by atoms with van der Waals surface area (Å²) in [5.74, 6) is -0.226. The van der Waals surface area contributed by atoms with E-state index in [2.05, 4.69) is 12.1 Å². The van der Waals surface area contributed by atoms with E-state index in [-0.39, 0.29) is 11.8 Å². The van der Waals surface area contributed by atoms with Gasteiger partial charge in [-0.25, -0.2) is 0 Å². The van der Waals surface area contributed by atoms with E-state index < -0.39 is 0 Å². The van der Waals surface area contributed by atoms with Crippen molar-refractivity contribution in [3.63, 3.8) is 0 Å². The number of likely N-dealkylation sites (N-methyl/N-ethyl adjacent to an activating group) is 1. The van der Waals surface area contributed by atoms with E-state index in [0.717, 1.165) is 50.0 Å². The number of halogens is 2. The summed E-state index contributed by atoms with van der Waals surface area (Å²) in [5.41, 5.74) is 7.81. The van der Waals surface area contributed by atoms with E-state index in [1.165, 1.54) is 0 Å². The monoisotopic (exact) mass is 476 g/mol. The number of rotatable bonds is 4. The zero-order valence-corrected chi connectivity index (χ0v) is 20.9. The van der Waals surface area contributed by atoms with Crippen molar-refractivity contribution in [3.8, 4) is 11.1 Å². The van der Waals surface area contributed by atoms with E-state index in [1.807, 2.05) is 71.1 Å². The Hall–Kier alpha value is -2.88. The number of fused-ring (bicyclic) bond motifs is 1. The van der Waals surface area contributed by atoms with Crippen LogP contribution in [0.2, 0.25) is 10.0 Å². The van der Waals surface area contributed by atoms with Crippen molar-refractivity contribution in [2.75, 3.05) is 11.9 Å². The Morgan fingerprint density at radius 1 is 0.939 bits per heavy atom. The number of carbonyl (C=O) groups excluding carboxylic acids is 1. The lowest BCUT2D eigenvalue weighted by Gasteiger charge is -2.25. The first-order valence-corrected chi connectivity index (χ1v) is 11.6. The van der Waals surface area contributed by atoms with Gasteiger partial charge in [0.1, 0.15) is 0 Å². The van der Waals surface area contributed by atoms with Gasteiger partial charge in [0.05, 0.1) is 23.3 Å². The molecular formula is C28H26Cl2N2O. The number of pyridine rings is 1. The standard InChI is InChI=1S/C28H26Cl2N2O/c1-16-8-6-7-9-23(16)19(4)28(33)32(5)25-15-31-27-24(18(25)3)11-10-17(2)26(27)20-12-21(29)14-22(30)13-20/h6-15,19H,1-5H3. The molecule has 1 unspecified atom stereocenters. The largest absolute Gasteiger partial charge is 0.313 e. The summed E-state index contributed by atoms with van der Waals surface area (Å²) in [5, 5.41) is 2.16. The maximum Gasteiger partial charge on any atom is 0.234 e. The van der Waals surface area contributed by atoms with E-state index in [9.17, 15) is 4.79 Å². The van der Waals surface area contributed by atoms with Crippen LogP contribution in [0.25, 0.3) is 22.0 Å². The van der Waals surface area contributed by atoms with Crippen LogP contribution < -0.4 is 4.90 Å². The van der Waals surface area contributed by atoms with Gasteiger partial charge in [-0.15, -0.1) is 0 Å². The third-order valence-electron chi connectivity index (χ3n) is 6.36. The van der Waals surface area contributed by atoms with Crippen LogP contribution in [0.3, 0.4) is 0 Å². The highest BCUT2D eigenvalue weighted by Crippen LogP contribution is 2.37. The van der Waals surface area contributed by atoms with Crippen LogP contribution in [0.4, 0.5) is 5.69 Å². The van der Waals surface area contributed by atoms with Crippen LogP contribution in [-0.2, 0) is 4.79 Å². The number of hydrogen-bond donors (Lipinski definition) is 0. The molecule has 1 amide bonds. The third kappa shape index (κ3) is 4.36.